The third-order valence-corrected chi connectivity index (χ3v) is 7.43. The minimum Gasteiger partial charge on any atom is -0.309 e. The lowest BCUT2D eigenvalue weighted by molar-refractivity contribution is -0.115. The summed E-state index contributed by atoms with van der Waals surface area (Å²) < 4.78 is 0. The summed E-state index contributed by atoms with van der Waals surface area (Å²) in [6.07, 6.45) is 0.786. The number of aromatic amines is 1. The SMILES string of the molecule is CCc1nnc(NC(=O)C(C)SCc2nc3scc(-c4ccccc4)c3c(=O)[nH]2)s1. The topological polar surface area (TPSA) is 101 Å². The summed E-state index contributed by atoms with van der Waals surface area (Å²) >= 11 is 4.23. The molecule has 0 fully saturated rings. The molecule has 1 aromatic carbocycles. The average molecular weight is 458 g/mol. The lowest BCUT2D eigenvalue weighted by atomic mass is 10.1. The first-order chi connectivity index (χ1) is 14.5. The molecule has 3 aromatic heterocycles. The van der Waals surface area contributed by atoms with Crippen molar-refractivity contribution < 1.29 is 4.79 Å². The highest BCUT2D eigenvalue weighted by Crippen LogP contribution is 2.31. The van der Waals surface area contributed by atoms with Crippen LogP contribution in [0.2, 0.25) is 0 Å². The molecule has 30 heavy (non-hydrogen) atoms. The van der Waals surface area contributed by atoms with Crippen LogP contribution in [0, 0.1) is 0 Å². The first kappa shape index (κ1) is 20.7. The molecule has 0 aliphatic carbocycles. The van der Waals surface area contributed by atoms with Crippen LogP contribution in [0.3, 0.4) is 0 Å². The van der Waals surface area contributed by atoms with E-state index in [-0.39, 0.29) is 16.7 Å². The number of rotatable bonds is 7. The number of nitrogens with zero attached hydrogens (tertiary/aromatic N) is 3. The summed E-state index contributed by atoms with van der Waals surface area (Å²) in [6.45, 7) is 3.81. The van der Waals surface area contributed by atoms with Gasteiger partial charge in [-0.05, 0) is 18.9 Å². The Hall–Kier alpha value is -2.56. The quantitative estimate of drug-likeness (QED) is 0.428. The maximum absolute atomic E-state index is 12.7. The second-order valence-electron chi connectivity index (χ2n) is 6.51. The van der Waals surface area contributed by atoms with Crippen LogP contribution in [0.1, 0.15) is 24.7 Å². The van der Waals surface area contributed by atoms with Crippen LogP contribution in [-0.4, -0.2) is 31.3 Å². The molecule has 4 aromatic rings. The standard InChI is InChI=1S/C20H19N5O2S3/c1-3-15-24-25-20(30-15)23-17(26)11(2)28-10-14-21-18(27)16-13(9-29-19(16)22-14)12-7-5-4-6-8-12/h4-9,11H,3,10H2,1-2H3,(H,21,22,27)(H,23,25,26). The summed E-state index contributed by atoms with van der Waals surface area (Å²) in [5, 5.41) is 14.4. The monoisotopic (exact) mass is 457 g/mol. The van der Waals surface area contributed by atoms with Gasteiger partial charge in [-0.25, -0.2) is 4.98 Å². The molecule has 1 unspecified atom stereocenters. The number of aromatic nitrogens is 4. The minimum absolute atomic E-state index is 0.148. The van der Waals surface area contributed by atoms with Crippen molar-refractivity contribution >= 4 is 55.7 Å². The van der Waals surface area contributed by atoms with Crippen molar-refractivity contribution in [1.82, 2.24) is 20.2 Å². The van der Waals surface area contributed by atoms with E-state index < -0.39 is 0 Å². The van der Waals surface area contributed by atoms with Gasteiger partial charge in [-0.2, -0.15) is 0 Å². The molecule has 1 atom stereocenters. The van der Waals surface area contributed by atoms with Crippen molar-refractivity contribution in [2.45, 2.75) is 31.3 Å². The number of thiophene rings is 1. The highest BCUT2D eigenvalue weighted by Gasteiger charge is 2.18. The van der Waals surface area contributed by atoms with Crippen molar-refractivity contribution in [3.8, 4) is 11.1 Å². The van der Waals surface area contributed by atoms with Gasteiger partial charge in [0.1, 0.15) is 15.7 Å². The number of H-pyrrole nitrogens is 1. The molecule has 0 aliphatic heterocycles. The number of nitrogens with one attached hydrogen (secondary N) is 2. The third-order valence-electron chi connectivity index (χ3n) is 4.42. The number of anilines is 1. The van der Waals surface area contributed by atoms with Gasteiger partial charge in [0, 0.05) is 10.9 Å². The Bertz CT molecular complexity index is 1230. The Morgan fingerprint density at radius 2 is 2.07 bits per heavy atom. The zero-order valence-corrected chi connectivity index (χ0v) is 18.8. The normalized spacial score (nSPS) is 12.2. The molecule has 1 amide bonds. The van der Waals surface area contributed by atoms with Crippen molar-refractivity contribution in [3.63, 3.8) is 0 Å². The smallest absolute Gasteiger partial charge is 0.260 e. The van der Waals surface area contributed by atoms with E-state index in [1.54, 1.807) is 0 Å². The second-order valence-corrected chi connectivity index (χ2v) is 9.75. The predicted octanol–water partition coefficient (Wildman–Crippen LogP) is 4.33. The molecular formula is C20H19N5O2S3. The molecule has 154 valence electrons. The first-order valence-electron chi connectivity index (χ1n) is 9.35. The molecular weight excluding hydrogens is 438 g/mol. The van der Waals surface area contributed by atoms with Gasteiger partial charge >= 0.3 is 0 Å². The van der Waals surface area contributed by atoms with E-state index in [2.05, 4.69) is 25.5 Å². The predicted molar refractivity (Wildman–Crippen MR) is 124 cm³/mol. The van der Waals surface area contributed by atoms with Gasteiger partial charge in [-0.15, -0.1) is 33.3 Å². The number of fused-ring (bicyclic) bond motifs is 1. The average Bonchev–Trinajstić information content (AvgIpc) is 3.39. The van der Waals surface area contributed by atoms with Gasteiger partial charge in [0.2, 0.25) is 11.0 Å². The zero-order chi connectivity index (χ0) is 21.1. The Morgan fingerprint density at radius 3 is 2.80 bits per heavy atom. The van der Waals surface area contributed by atoms with E-state index >= 15 is 0 Å². The van der Waals surface area contributed by atoms with E-state index in [4.69, 9.17) is 0 Å². The molecule has 4 rings (SSSR count). The lowest BCUT2D eigenvalue weighted by Gasteiger charge is -2.10. The number of hydrogen-bond donors (Lipinski definition) is 2. The molecule has 7 nitrogen and oxygen atoms in total. The van der Waals surface area contributed by atoms with Crippen molar-refractivity contribution in [3.05, 3.63) is 56.9 Å². The van der Waals surface area contributed by atoms with Gasteiger partial charge in [-0.3, -0.25) is 14.9 Å². The van der Waals surface area contributed by atoms with Crippen molar-refractivity contribution in [1.29, 1.82) is 0 Å². The first-order valence-corrected chi connectivity index (χ1v) is 12.1. The van der Waals surface area contributed by atoms with E-state index in [0.29, 0.717) is 26.9 Å². The van der Waals surface area contributed by atoms with Crippen LogP contribution in [-0.2, 0) is 17.0 Å². The number of aryl methyl sites for hydroxylation is 1. The Balaban J connectivity index is 1.45. The summed E-state index contributed by atoms with van der Waals surface area (Å²) in [5.41, 5.74) is 1.72. The summed E-state index contributed by atoms with van der Waals surface area (Å²) in [6, 6.07) is 9.80. The summed E-state index contributed by atoms with van der Waals surface area (Å²) in [4.78, 5) is 33.3. The third kappa shape index (κ3) is 4.45. The van der Waals surface area contributed by atoms with E-state index in [1.165, 1.54) is 34.4 Å². The van der Waals surface area contributed by atoms with Gasteiger partial charge in [0.25, 0.3) is 5.56 Å². The minimum atomic E-state index is -0.330. The lowest BCUT2D eigenvalue weighted by Crippen LogP contribution is -2.23. The second kappa shape index (κ2) is 9.07. The van der Waals surface area contributed by atoms with Crippen molar-refractivity contribution in [2.24, 2.45) is 0 Å². The van der Waals surface area contributed by atoms with Crippen LogP contribution in [0.25, 0.3) is 21.3 Å². The maximum Gasteiger partial charge on any atom is 0.260 e. The van der Waals surface area contributed by atoms with Crippen molar-refractivity contribution in [2.75, 3.05) is 5.32 Å². The number of amides is 1. The van der Waals surface area contributed by atoms with Gasteiger partial charge in [0.15, 0.2) is 0 Å². The van der Waals surface area contributed by atoms with E-state index in [1.807, 2.05) is 49.6 Å². The molecule has 0 saturated heterocycles. The number of carbonyl (C=O) groups excluding carboxylic acids is 1. The molecule has 3 heterocycles. The van der Waals surface area contributed by atoms with Gasteiger partial charge in [-0.1, -0.05) is 48.6 Å². The fourth-order valence-corrected chi connectivity index (χ4v) is 5.23. The largest absolute Gasteiger partial charge is 0.309 e. The molecule has 0 saturated carbocycles. The molecule has 10 heteroatoms. The molecule has 0 radical (unpaired) electrons. The fraction of sp³-hybridized carbons (Fsp3) is 0.250. The summed E-state index contributed by atoms with van der Waals surface area (Å²) in [7, 11) is 0. The number of benzene rings is 1. The molecule has 0 aliphatic rings. The molecule has 2 N–H and O–H groups in total. The Kier molecular flexibility index (Phi) is 6.26. The van der Waals surface area contributed by atoms with Crippen LogP contribution < -0.4 is 10.9 Å². The number of thioether (sulfide) groups is 1. The fourth-order valence-electron chi connectivity index (χ4n) is 2.83. The zero-order valence-electron chi connectivity index (χ0n) is 16.3. The maximum atomic E-state index is 12.7. The summed E-state index contributed by atoms with van der Waals surface area (Å²) in [5.74, 6) is 0.835. The Morgan fingerprint density at radius 1 is 1.27 bits per heavy atom. The highest BCUT2D eigenvalue weighted by atomic mass is 32.2. The van der Waals surface area contributed by atoms with Crippen LogP contribution in [0.15, 0.2) is 40.5 Å². The van der Waals surface area contributed by atoms with Crippen LogP contribution >= 0.6 is 34.4 Å². The number of carbonyl (C=O) groups is 1. The number of hydrogen-bond acceptors (Lipinski definition) is 8. The van der Waals surface area contributed by atoms with Gasteiger partial charge < -0.3 is 4.98 Å². The van der Waals surface area contributed by atoms with E-state index in [0.717, 1.165) is 22.6 Å². The van der Waals surface area contributed by atoms with Gasteiger partial charge in [0.05, 0.1) is 16.4 Å². The van der Waals surface area contributed by atoms with E-state index in [9.17, 15) is 9.59 Å². The molecule has 0 spiro atoms. The van der Waals surface area contributed by atoms with Crippen LogP contribution in [0.5, 0.6) is 0 Å². The highest BCUT2D eigenvalue weighted by molar-refractivity contribution is 7.99. The van der Waals surface area contributed by atoms with Crippen LogP contribution in [0.4, 0.5) is 5.13 Å². The molecule has 0 bridgehead atoms. The Labute approximate surface area is 185 Å².